The van der Waals surface area contributed by atoms with E-state index in [4.69, 9.17) is 9.15 Å². The quantitative estimate of drug-likeness (QED) is 0.699. The molecule has 0 atom stereocenters. The fraction of sp³-hybridized carbons (Fsp3) is 0.0556. The molecule has 1 aromatic carbocycles. The summed E-state index contributed by atoms with van der Waals surface area (Å²) in [6, 6.07) is 8.60. The fourth-order valence-electron chi connectivity index (χ4n) is 2.25. The van der Waals surface area contributed by atoms with Crippen molar-refractivity contribution in [3.05, 3.63) is 66.3 Å². The zero-order chi connectivity index (χ0) is 16.9. The summed E-state index contributed by atoms with van der Waals surface area (Å²) in [6.45, 7) is 3.88. The van der Waals surface area contributed by atoms with Crippen LogP contribution in [0.5, 0.6) is 11.5 Å². The van der Waals surface area contributed by atoms with Crippen LogP contribution >= 0.6 is 0 Å². The summed E-state index contributed by atoms with van der Waals surface area (Å²) < 4.78 is 11.1. The summed E-state index contributed by atoms with van der Waals surface area (Å²) in [4.78, 5) is 18.8. The summed E-state index contributed by atoms with van der Waals surface area (Å²) >= 11 is 0. The number of oxazole rings is 1. The number of nitrogens with zero attached hydrogens (tertiary/aromatic N) is 2. The number of aromatic hydroxyl groups is 1. The minimum Gasteiger partial charge on any atom is -0.507 e. The first-order valence-corrected chi connectivity index (χ1v) is 7.15. The lowest BCUT2D eigenvalue weighted by Crippen LogP contribution is -2.00. The maximum atomic E-state index is 10.7. The summed E-state index contributed by atoms with van der Waals surface area (Å²) in [5.41, 5.74) is 1.81. The van der Waals surface area contributed by atoms with Gasteiger partial charge in [0.05, 0.1) is 11.8 Å². The molecule has 0 unspecified atom stereocenters. The zero-order valence-electron chi connectivity index (χ0n) is 12.7. The summed E-state index contributed by atoms with van der Waals surface area (Å²) in [6.07, 6.45) is 5.12. The van der Waals surface area contributed by atoms with Gasteiger partial charge in [0, 0.05) is 11.8 Å². The molecule has 0 fully saturated rings. The molecule has 2 aromatic heterocycles. The van der Waals surface area contributed by atoms with E-state index >= 15 is 0 Å². The van der Waals surface area contributed by atoms with E-state index in [1.807, 2.05) is 6.07 Å². The van der Waals surface area contributed by atoms with Gasteiger partial charge < -0.3 is 14.3 Å². The highest BCUT2D eigenvalue weighted by atomic mass is 16.5. The molecule has 0 aliphatic carbocycles. The lowest BCUT2D eigenvalue weighted by atomic mass is 10.1. The topological polar surface area (TPSA) is 85.5 Å². The first-order chi connectivity index (χ1) is 11.7. The number of pyridine rings is 1. The Morgan fingerprint density at radius 3 is 2.88 bits per heavy atom. The van der Waals surface area contributed by atoms with Gasteiger partial charge >= 0.3 is 0 Å². The second-order valence-corrected chi connectivity index (χ2v) is 4.87. The van der Waals surface area contributed by atoms with Crippen molar-refractivity contribution in [1.29, 1.82) is 0 Å². The van der Waals surface area contributed by atoms with Gasteiger partial charge in [-0.2, -0.15) is 0 Å². The number of hydrogen-bond donors (Lipinski definition) is 1. The van der Waals surface area contributed by atoms with Crippen LogP contribution in [0.4, 0.5) is 0 Å². The van der Waals surface area contributed by atoms with E-state index in [9.17, 15) is 9.90 Å². The molecular weight excluding hydrogens is 308 g/mol. The number of carbonyl (C=O) groups is 1. The maximum Gasteiger partial charge on any atom is 0.260 e. The van der Waals surface area contributed by atoms with E-state index in [0.29, 0.717) is 29.1 Å². The molecule has 0 aliphatic rings. The van der Waals surface area contributed by atoms with Gasteiger partial charge in [0.1, 0.15) is 23.8 Å². The third-order valence-corrected chi connectivity index (χ3v) is 3.38. The molecule has 3 rings (SSSR count). The Hall–Kier alpha value is -3.41. The predicted octanol–water partition coefficient (Wildman–Crippen LogP) is 3.48. The number of aromatic nitrogens is 2. The van der Waals surface area contributed by atoms with E-state index in [1.165, 1.54) is 12.3 Å². The van der Waals surface area contributed by atoms with Crippen LogP contribution in [-0.2, 0) is 6.61 Å². The number of rotatable bonds is 6. The number of hydrogen-bond acceptors (Lipinski definition) is 6. The first kappa shape index (κ1) is 15.5. The van der Waals surface area contributed by atoms with Gasteiger partial charge in [0.15, 0.2) is 5.76 Å². The van der Waals surface area contributed by atoms with Crippen molar-refractivity contribution >= 4 is 12.4 Å². The Balaban J connectivity index is 1.88. The standard InChI is InChI=1S/C18H14N2O4/c1-2-13-14(22)6-3-7-15(13)23-11-12-5-4-8-19-18(12)16-9-20-17(10-21)24-16/h2-10,22H,1,11H2. The molecule has 3 aromatic rings. The van der Waals surface area contributed by atoms with E-state index in [-0.39, 0.29) is 18.2 Å². The molecule has 1 N–H and O–H groups in total. The van der Waals surface area contributed by atoms with E-state index < -0.39 is 0 Å². The number of benzene rings is 1. The van der Waals surface area contributed by atoms with Crippen LogP contribution in [-0.4, -0.2) is 21.4 Å². The summed E-state index contributed by atoms with van der Waals surface area (Å²) in [5.74, 6) is 0.978. The molecule has 0 amide bonds. The fourth-order valence-corrected chi connectivity index (χ4v) is 2.25. The Bertz CT molecular complexity index is 886. The highest BCUT2D eigenvalue weighted by molar-refractivity contribution is 5.69. The number of phenolic OH excluding ortho intramolecular Hbond substituents is 1. The molecule has 120 valence electrons. The molecule has 0 aliphatic heterocycles. The van der Waals surface area contributed by atoms with Crippen molar-refractivity contribution in [2.45, 2.75) is 6.61 Å². The molecule has 0 bridgehead atoms. The van der Waals surface area contributed by atoms with E-state index in [1.54, 1.807) is 30.5 Å². The van der Waals surface area contributed by atoms with Gasteiger partial charge in [0.2, 0.25) is 6.29 Å². The average Bonchev–Trinajstić information content (AvgIpc) is 3.09. The third-order valence-electron chi connectivity index (χ3n) is 3.38. The molecule has 6 heteroatoms. The number of phenols is 1. The average molecular weight is 322 g/mol. The molecule has 2 heterocycles. The van der Waals surface area contributed by atoms with Crippen molar-refractivity contribution in [3.8, 4) is 23.0 Å². The number of aldehydes is 1. The van der Waals surface area contributed by atoms with Crippen LogP contribution in [0.3, 0.4) is 0 Å². The molecule has 6 nitrogen and oxygen atoms in total. The van der Waals surface area contributed by atoms with Gasteiger partial charge in [-0.05, 0) is 18.2 Å². The third kappa shape index (κ3) is 3.03. The van der Waals surface area contributed by atoms with Crippen LogP contribution in [0.1, 0.15) is 21.8 Å². The van der Waals surface area contributed by atoms with Gasteiger partial charge in [-0.25, -0.2) is 4.98 Å². The Labute approximate surface area is 138 Å². The van der Waals surface area contributed by atoms with Gasteiger partial charge in [-0.3, -0.25) is 9.78 Å². The minimum atomic E-state index is -0.00977. The predicted molar refractivity (Wildman–Crippen MR) is 87.7 cm³/mol. The highest BCUT2D eigenvalue weighted by Gasteiger charge is 2.13. The summed E-state index contributed by atoms with van der Waals surface area (Å²) in [5, 5.41) is 9.83. The number of ether oxygens (including phenoxy) is 1. The zero-order valence-corrected chi connectivity index (χ0v) is 12.7. The van der Waals surface area contributed by atoms with Crippen LogP contribution in [0.2, 0.25) is 0 Å². The molecule has 24 heavy (non-hydrogen) atoms. The van der Waals surface area contributed by atoms with Gasteiger partial charge in [-0.1, -0.05) is 24.8 Å². The molecule has 0 saturated heterocycles. The summed E-state index contributed by atoms with van der Waals surface area (Å²) in [7, 11) is 0. The minimum absolute atomic E-state index is 0.00977. The number of carbonyl (C=O) groups excluding carboxylic acids is 1. The molecule has 0 saturated carbocycles. The van der Waals surface area contributed by atoms with Crippen molar-refractivity contribution < 1.29 is 19.1 Å². The molecular formula is C18H14N2O4. The van der Waals surface area contributed by atoms with Crippen LogP contribution < -0.4 is 4.74 Å². The van der Waals surface area contributed by atoms with E-state index in [2.05, 4.69) is 16.5 Å². The first-order valence-electron chi connectivity index (χ1n) is 7.15. The second-order valence-electron chi connectivity index (χ2n) is 4.87. The van der Waals surface area contributed by atoms with Crippen molar-refractivity contribution in [2.24, 2.45) is 0 Å². The lowest BCUT2D eigenvalue weighted by Gasteiger charge is -2.11. The van der Waals surface area contributed by atoms with Crippen LogP contribution in [0, 0.1) is 0 Å². The van der Waals surface area contributed by atoms with Crippen molar-refractivity contribution in [2.75, 3.05) is 0 Å². The Morgan fingerprint density at radius 2 is 2.12 bits per heavy atom. The normalized spacial score (nSPS) is 10.3. The lowest BCUT2D eigenvalue weighted by molar-refractivity contribution is 0.109. The molecule has 0 spiro atoms. The second kappa shape index (κ2) is 6.78. The smallest absolute Gasteiger partial charge is 0.260 e. The van der Waals surface area contributed by atoms with Crippen LogP contribution in [0.25, 0.3) is 17.5 Å². The van der Waals surface area contributed by atoms with Gasteiger partial charge in [0.25, 0.3) is 5.89 Å². The van der Waals surface area contributed by atoms with E-state index in [0.717, 1.165) is 5.56 Å². The van der Waals surface area contributed by atoms with Crippen LogP contribution in [0.15, 0.2) is 53.7 Å². The Morgan fingerprint density at radius 1 is 1.25 bits per heavy atom. The monoisotopic (exact) mass is 322 g/mol. The van der Waals surface area contributed by atoms with Crippen molar-refractivity contribution in [1.82, 2.24) is 9.97 Å². The highest BCUT2D eigenvalue weighted by Crippen LogP contribution is 2.30. The maximum absolute atomic E-state index is 10.7. The van der Waals surface area contributed by atoms with Crippen molar-refractivity contribution in [3.63, 3.8) is 0 Å². The van der Waals surface area contributed by atoms with Gasteiger partial charge in [-0.15, -0.1) is 0 Å². The molecule has 0 radical (unpaired) electrons. The Kier molecular flexibility index (Phi) is 4.38. The SMILES string of the molecule is C=Cc1c(O)cccc1OCc1cccnc1-c1cnc(C=O)o1. The largest absolute Gasteiger partial charge is 0.507 e.